The zero-order valence-corrected chi connectivity index (χ0v) is 10.8. The molecule has 2 rings (SSSR count). The van der Waals surface area contributed by atoms with Crippen molar-refractivity contribution in [3.05, 3.63) is 66.0 Å². The predicted octanol–water partition coefficient (Wildman–Crippen LogP) is 3.75. The van der Waals surface area contributed by atoms with Crippen LogP contribution in [0.4, 0.5) is 18.9 Å². The van der Waals surface area contributed by atoms with Crippen LogP contribution in [-0.4, -0.2) is 10.9 Å². The first-order valence-electron chi connectivity index (χ1n) is 6.01. The Morgan fingerprint density at radius 3 is 2.52 bits per heavy atom. The fourth-order valence-electron chi connectivity index (χ4n) is 1.60. The number of hydrogen-bond donors (Lipinski definition) is 1. The molecule has 1 amide bonds. The van der Waals surface area contributed by atoms with Gasteiger partial charge in [-0.2, -0.15) is 13.2 Å². The van der Waals surface area contributed by atoms with E-state index in [0.29, 0.717) is 0 Å². The average Bonchev–Trinajstić information content (AvgIpc) is 2.46. The first kappa shape index (κ1) is 14.8. The van der Waals surface area contributed by atoms with Gasteiger partial charge in [0, 0.05) is 24.2 Å². The van der Waals surface area contributed by atoms with Crippen molar-refractivity contribution in [3.63, 3.8) is 0 Å². The van der Waals surface area contributed by atoms with Crippen molar-refractivity contribution in [2.75, 3.05) is 5.32 Å². The normalized spacial score (nSPS) is 11.6. The Bertz CT molecular complexity index is 651. The molecule has 0 saturated carbocycles. The van der Waals surface area contributed by atoms with Crippen molar-refractivity contribution in [3.8, 4) is 0 Å². The molecule has 0 bridgehead atoms. The van der Waals surface area contributed by atoms with Crippen molar-refractivity contribution in [2.24, 2.45) is 0 Å². The number of hydrogen-bond acceptors (Lipinski definition) is 2. The van der Waals surface area contributed by atoms with Crippen LogP contribution in [0.3, 0.4) is 0 Å². The third-order valence-electron chi connectivity index (χ3n) is 2.59. The Kier molecular flexibility index (Phi) is 4.37. The fraction of sp³-hybridized carbons (Fsp3) is 0.0667. The molecule has 0 aliphatic heterocycles. The number of aromatic nitrogens is 1. The number of amides is 1. The molecule has 108 valence electrons. The molecule has 1 heterocycles. The minimum atomic E-state index is -4.44. The molecule has 1 aromatic heterocycles. The highest BCUT2D eigenvalue weighted by molar-refractivity contribution is 6.01. The van der Waals surface area contributed by atoms with Gasteiger partial charge in [-0.05, 0) is 42.0 Å². The number of rotatable bonds is 3. The van der Waals surface area contributed by atoms with E-state index in [1.807, 2.05) is 0 Å². The smallest absolute Gasteiger partial charge is 0.322 e. The minimum absolute atomic E-state index is 0.0919. The Hall–Kier alpha value is -2.63. The largest absolute Gasteiger partial charge is 0.416 e. The van der Waals surface area contributed by atoms with Crippen molar-refractivity contribution in [1.29, 1.82) is 0 Å². The van der Waals surface area contributed by atoms with E-state index in [0.717, 1.165) is 17.7 Å². The van der Waals surface area contributed by atoms with Crippen molar-refractivity contribution < 1.29 is 18.0 Å². The number of alkyl halides is 3. The summed E-state index contributed by atoms with van der Waals surface area (Å²) in [7, 11) is 0. The monoisotopic (exact) mass is 292 g/mol. The van der Waals surface area contributed by atoms with Gasteiger partial charge in [0.15, 0.2) is 0 Å². The molecule has 3 nitrogen and oxygen atoms in total. The average molecular weight is 292 g/mol. The van der Waals surface area contributed by atoms with Crippen LogP contribution in [0.1, 0.15) is 11.1 Å². The lowest BCUT2D eigenvalue weighted by molar-refractivity contribution is -0.137. The SMILES string of the molecule is O=C(/C=C/c1ccncc1)Nc1cccc(C(F)(F)F)c1. The zero-order valence-electron chi connectivity index (χ0n) is 10.8. The maximum absolute atomic E-state index is 12.5. The molecule has 0 saturated heterocycles. The number of nitrogens with one attached hydrogen (secondary N) is 1. The summed E-state index contributed by atoms with van der Waals surface area (Å²) >= 11 is 0. The molecule has 1 aromatic carbocycles. The van der Waals surface area contributed by atoms with Crippen LogP contribution in [0.5, 0.6) is 0 Å². The standard InChI is InChI=1S/C15H11F3N2O/c16-15(17,18)12-2-1-3-13(10-12)20-14(21)5-4-11-6-8-19-9-7-11/h1-10H,(H,20,21)/b5-4+. The van der Waals surface area contributed by atoms with Gasteiger partial charge in [-0.3, -0.25) is 9.78 Å². The number of nitrogens with zero attached hydrogens (tertiary/aromatic N) is 1. The molecule has 1 N–H and O–H groups in total. The van der Waals surface area contributed by atoms with Gasteiger partial charge in [-0.25, -0.2) is 0 Å². The molecule has 6 heteroatoms. The Labute approximate surface area is 119 Å². The van der Waals surface area contributed by atoms with Gasteiger partial charge in [-0.15, -0.1) is 0 Å². The van der Waals surface area contributed by atoms with Gasteiger partial charge >= 0.3 is 6.18 Å². The summed E-state index contributed by atoms with van der Waals surface area (Å²) in [6, 6.07) is 7.88. The third-order valence-corrected chi connectivity index (χ3v) is 2.59. The molecular formula is C15H11F3N2O. The van der Waals surface area contributed by atoms with E-state index in [2.05, 4.69) is 10.3 Å². The maximum Gasteiger partial charge on any atom is 0.416 e. The Balaban J connectivity index is 2.05. The van der Waals surface area contributed by atoms with E-state index in [9.17, 15) is 18.0 Å². The number of carbonyl (C=O) groups excluding carboxylic acids is 1. The summed E-state index contributed by atoms with van der Waals surface area (Å²) in [6.45, 7) is 0. The highest BCUT2D eigenvalue weighted by Gasteiger charge is 2.30. The molecule has 0 aliphatic carbocycles. The van der Waals surface area contributed by atoms with Crippen molar-refractivity contribution in [1.82, 2.24) is 4.98 Å². The van der Waals surface area contributed by atoms with Gasteiger partial charge in [0.25, 0.3) is 0 Å². The summed E-state index contributed by atoms with van der Waals surface area (Å²) in [5.74, 6) is -0.508. The van der Waals surface area contributed by atoms with Gasteiger partial charge in [0.2, 0.25) is 5.91 Å². The molecular weight excluding hydrogens is 281 g/mol. The lowest BCUT2D eigenvalue weighted by atomic mass is 10.2. The highest BCUT2D eigenvalue weighted by Crippen LogP contribution is 2.30. The number of anilines is 1. The van der Waals surface area contributed by atoms with Crippen LogP contribution in [-0.2, 0) is 11.0 Å². The lowest BCUT2D eigenvalue weighted by Gasteiger charge is -2.08. The topological polar surface area (TPSA) is 42.0 Å². The van der Waals surface area contributed by atoms with Crippen molar-refractivity contribution in [2.45, 2.75) is 6.18 Å². The molecule has 0 fully saturated rings. The van der Waals surface area contributed by atoms with Crippen LogP contribution in [0.25, 0.3) is 6.08 Å². The molecule has 2 aromatic rings. The predicted molar refractivity (Wildman–Crippen MR) is 73.3 cm³/mol. The van der Waals surface area contributed by atoms with Crippen LogP contribution >= 0.6 is 0 Å². The van der Waals surface area contributed by atoms with E-state index in [-0.39, 0.29) is 5.69 Å². The summed E-state index contributed by atoms with van der Waals surface area (Å²) in [4.78, 5) is 15.5. The molecule has 0 unspecified atom stereocenters. The van der Waals surface area contributed by atoms with Gasteiger partial charge in [0.1, 0.15) is 0 Å². The number of benzene rings is 1. The quantitative estimate of drug-likeness (QED) is 0.875. The van der Waals surface area contributed by atoms with E-state index in [1.54, 1.807) is 30.6 Å². The molecule has 0 radical (unpaired) electrons. The van der Waals surface area contributed by atoms with Gasteiger partial charge in [-0.1, -0.05) is 6.07 Å². The highest BCUT2D eigenvalue weighted by atomic mass is 19.4. The van der Waals surface area contributed by atoms with Crippen molar-refractivity contribution >= 4 is 17.7 Å². The van der Waals surface area contributed by atoms with Crippen LogP contribution in [0, 0.1) is 0 Å². The van der Waals surface area contributed by atoms with Crippen LogP contribution in [0.2, 0.25) is 0 Å². The van der Waals surface area contributed by atoms with E-state index in [1.165, 1.54) is 18.2 Å². The Morgan fingerprint density at radius 2 is 1.86 bits per heavy atom. The number of carbonyl (C=O) groups is 1. The maximum atomic E-state index is 12.5. The second kappa shape index (κ2) is 6.21. The van der Waals surface area contributed by atoms with E-state index >= 15 is 0 Å². The van der Waals surface area contributed by atoms with E-state index < -0.39 is 17.6 Å². The summed E-state index contributed by atoms with van der Waals surface area (Å²) in [5, 5.41) is 2.38. The molecule has 0 aliphatic rings. The first-order valence-corrected chi connectivity index (χ1v) is 6.01. The summed E-state index contributed by atoms with van der Waals surface area (Å²) in [6.07, 6.45) is 1.50. The molecule has 21 heavy (non-hydrogen) atoms. The first-order chi connectivity index (χ1) is 9.95. The Morgan fingerprint density at radius 1 is 1.14 bits per heavy atom. The second-order valence-electron chi connectivity index (χ2n) is 4.18. The summed E-state index contributed by atoms with van der Waals surface area (Å²) < 4.78 is 37.6. The van der Waals surface area contributed by atoms with Gasteiger partial charge < -0.3 is 5.32 Å². The fourth-order valence-corrected chi connectivity index (χ4v) is 1.60. The number of pyridine rings is 1. The van der Waals surface area contributed by atoms with E-state index in [4.69, 9.17) is 0 Å². The minimum Gasteiger partial charge on any atom is -0.322 e. The summed E-state index contributed by atoms with van der Waals surface area (Å²) in [5.41, 5.74) is 0.0526. The molecule has 0 spiro atoms. The van der Waals surface area contributed by atoms with Gasteiger partial charge in [0.05, 0.1) is 5.56 Å². The number of halogens is 3. The zero-order chi connectivity index (χ0) is 15.3. The second-order valence-corrected chi connectivity index (χ2v) is 4.18. The third kappa shape index (κ3) is 4.45. The molecule has 0 atom stereocenters. The van der Waals surface area contributed by atoms with Crippen LogP contribution < -0.4 is 5.32 Å². The van der Waals surface area contributed by atoms with Crippen LogP contribution in [0.15, 0.2) is 54.9 Å². The lowest BCUT2D eigenvalue weighted by Crippen LogP contribution is -2.10.